The molecule has 0 radical (unpaired) electrons. The summed E-state index contributed by atoms with van der Waals surface area (Å²) in [6.07, 6.45) is 0. The summed E-state index contributed by atoms with van der Waals surface area (Å²) in [5.74, 6) is -0.330. The minimum Gasteiger partial charge on any atom is -0.325 e. The number of amides is 1. The molecule has 140 valence electrons. The van der Waals surface area contributed by atoms with Gasteiger partial charge in [-0.2, -0.15) is 9.61 Å². The summed E-state index contributed by atoms with van der Waals surface area (Å²) in [7, 11) is 0. The molecule has 28 heavy (non-hydrogen) atoms. The second kappa shape index (κ2) is 7.73. The van der Waals surface area contributed by atoms with Crippen LogP contribution in [0.5, 0.6) is 0 Å². The molecule has 0 fully saturated rings. The van der Waals surface area contributed by atoms with E-state index < -0.39 is 0 Å². The molecule has 0 atom stereocenters. The molecule has 0 spiro atoms. The van der Waals surface area contributed by atoms with Crippen molar-refractivity contribution in [3.8, 4) is 11.4 Å². The van der Waals surface area contributed by atoms with E-state index in [4.69, 9.17) is 0 Å². The number of fused-ring (bicyclic) bond motifs is 1. The van der Waals surface area contributed by atoms with Gasteiger partial charge in [0, 0.05) is 11.3 Å². The van der Waals surface area contributed by atoms with E-state index in [0.29, 0.717) is 27.7 Å². The van der Waals surface area contributed by atoms with Gasteiger partial charge < -0.3 is 5.32 Å². The third-order valence-corrected chi connectivity index (χ3v) is 4.74. The van der Waals surface area contributed by atoms with Gasteiger partial charge >= 0.3 is 0 Å². The Morgan fingerprint density at radius 1 is 0.929 bits per heavy atom. The van der Waals surface area contributed by atoms with E-state index in [1.807, 2.05) is 0 Å². The second-order valence-electron chi connectivity index (χ2n) is 5.82. The number of nitrogens with zero attached hydrogens (tertiary/aromatic N) is 4. The van der Waals surface area contributed by atoms with Crippen molar-refractivity contribution in [1.29, 1.82) is 0 Å². The summed E-state index contributed by atoms with van der Waals surface area (Å²) in [5, 5.41) is 15.9. The predicted octanol–water partition coefficient (Wildman–Crippen LogP) is 3.80. The Morgan fingerprint density at radius 3 is 2.32 bits per heavy atom. The first-order valence-corrected chi connectivity index (χ1v) is 9.24. The zero-order valence-electron chi connectivity index (χ0n) is 14.3. The molecule has 0 unspecified atom stereocenters. The molecule has 0 saturated heterocycles. The van der Waals surface area contributed by atoms with Crippen LogP contribution in [0.4, 0.5) is 14.5 Å². The van der Waals surface area contributed by atoms with Gasteiger partial charge in [0.05, 0.1) is 5.75 Å². The SMILES string of the molecule is O=C(CSc1ccc2nnc(-c3ccc(F)cc3)n2n1)Nc1ccc(F)cc1. The quantitative estimate of drug-likeness (QED) is 0.519. The number of thioether (sulfide) groups is 1. The topological polar surface area (TPSA) is 72.2 Å². The number of anilines is 1. The van der Waals surface area contributed by atoms with Crippen molar-refractivity contribution >= 4 is 29.0 Å². The van der Waals surface area contributed by atoms with E-state index >= 15 is 0 Å². The Kier molecular flexibility index (Phi) is 4.98. The molecule has 2 aromatic heterocycles. The van der Waals surface area contributed by atoms with Crippen LogP contribution in [0.3, 0.4) is 0 Å². The van der Waals surface area contributed by atoms with Gasteiger partial charge in [-0.25, -0.2) is 8.78 Å². The Labute approximate surface area is 162 Å². The van der Waals surface area contributed by atoms with Crippen LogP contribution >= 0.6 is 11.8 Å². The number of aromatic nitrogens is 4. The maximum Gasteiger partial charge on any atom is 0.234 e. The maximum absolute atomic E-state index is 13.1. The highest BCUT2D eigenvalue weighted by atomic mass is 32.2. The maximum atomic E-state index is 13.1. The van der Waals surface area contributed by atoms with Crippen molar-refractivity contribution in [3.05, 3.63) is 72.3 Å². The first-order valence-electron chi connectivity index (χ1n) is 8.25. The summed E-state index contributed by atoms with van der Waals surface area (Å²) < 4.78 is 27.6. The number of nitrogens with one attached hydrogen (secondary N) is 1. The van der Waals surface area contributed by atoms with Crippen molar-refractivity contribution in [1.82, 2.24) is 19.8 Å². The van der Waals surface area contributed by atoms with Crippen molar-refractivity contribution in [2.45, 2.75) is 5.03 Å². The molecular weight excluding hydrogens is 384 g/mol. The van der Waals surface area contributed by atoms with Gasteiger partial charge in [0.15, 0.2) is 11.5 Å². The zero-order chi connectivity index (χ0) is 19.5. The van der Waals surface area contributed by atoms with Crippen LogP contribution in [-0.2, 0) is 4.79 Å². The fraction of sp³-hybridized carbons (Fsp3) is 0.0526. The molecule has 0 aliphatic heterocycles. The molecule has 0 saturated carbocycles. The van der Waals surface area contributed by atoms with Crippen LogP contribution in [0.15, 0.2) is 65.7 Å². The molecule has 6 nitrogen and oxygen atoms in total. The summed E-state index contributed by atoms with van der Waals surface area (Å²) in [5.41, 5.74) is 1.74. The van der Waals surface area contributed by atoms with E-state index in [-0.39, 0.29) is 23.3 Å². The molecule has 2 heterocycles. The highest BCUT2D eigenvalue weighted by molar-refractivity contribution is 7.99. The lowest BCUT2D eigenvalue weighted by molar-refractivity contribution is -0.113. The monoisotopic (exact) mass is 397 g/mol. The first-order chi connectivity index (χ1) is 13.6. The second-order valence-corrected chi connectivity index (χ2v) is 6.81. The lowest BCUT2D eigenvalue weighted by Crippen LogP contribution is -2.14. The number of halogens is 2. The van der Waals surface area contributed by atoms with Crippen molar-refractivity contribution in [2.75, 3.05) is 11.1 Å². The Balaban J connectivity index is 1.48. The van der Waals surface area contributed by atoms with Crippen LogP contribution in [0.25, 0.3) is 17.0 Å². The molecular formula is C19H13F2N5OS. The van der Waals surface area contributed by atoms with Gasteiger partial charge in [-0.05, 0) is 60.7 Å². The molecule has 0 bridgehead atoms. The highest BCUT2D eigenvalue weighted by Gasteiger charge is 2.11. The average Bonchev–Trinajstić information content (AvgIpc) is 3.12. The summed E-state index contributed by atoms with van der Waals surface area (Å²) in [6, 6.07) is 14.9. The number of hydrogen-bond donors (Lipinski definition) is 1. The van der Waals surface area contributed by atoms with Gasteiger partial charge in [-0.1, -0.05) is 11.8 Å². The average molecular weight is 397 g/mol. The lowest BCUT2D eigenvalue weighted by atomic mass is 10.2. The van der Waals surface area contributed by atoms with E-state index in [0.717, 1.165) is 0 Å². The van der Waals surface area contributed by atoms with Gasteiger partial charge in [0.2, 0.25) is 5.91 Å². The van der Waals surface area contributed by atoms with E-state index in [9.17, 15) is 13.6 Å². The number of carbonyl (C=O) groups is 1. The van der Waals surface area contributed by atoms with Crippen molar-refractivity contribution in [3.63, 3.8) is 0 Å². The van der Waals surface area contributed by atoms with Crippen molar-refractivity contribution in [2.24, 2.45) is 0 Å². The normalized spacial score (nSPS) is 10.9. The largest absolute Gasteiger partial charge is 0.325 e. The fourth-order valence-corrected chi connectivity index (χ4v) is 3.15. The number of rotatable bonds is 5. The molecule has 4 aromatic rings. The Morgan fingerprint density at radius 2 is 1.61 bits per heavy atom. The van der Waals surface area contributed by atoms with Gasteiger partial charge in [0.25, 0.3) is 0 Å². The molecule has 2 aromatic carbocycles. The molecule has 1 N–H and O–H groups in total. The van der Waals surface area contributed by atoms with Crippen LogP contribution < -0.4 is 5.32 Å². The number of benzene rings is 2. The minimum atomic E-state index is -0.365. The number of hydrogen-bond acceptors (Lipinski definition) is 5. The molecule has 0 aliphatic rings. The van der Waals surface area contributed by atoms with Gasteiger partial charge in [0.1, 0.15) is 16.7 Å². The summed E-state index contributed by atoms with van der Waals surface area (Å²) in [4.78, 5) is 12.1. The highest BCUT2D eigenvalue weighted by Crippen LogP contribution is 2.21. The Hall–Kier alpha value is -3.33. The zero-order valence-corrected chi connectivity index (χ0v) is 15.2. The van der Waals surface area contributed by atoms with Gasteiger partial charge in [-0.15, -0.1) is 10.2 Å². The van der Waals surface area contributed by atoms with Crippen LogP contribution in [-0.4, -0.2) is 31.5 Å². The standard InChI is InChI=1S/C19H13F2N5OS/c20-13-3-1-12(2-4-13)19-24-23-16-9-10-18(25-26(16)19)28-11-17(27)22-15-7-5-14(21)6-8-15/h1-10H,11H2,(H,22,27). The van der Waals surface area contributed by atoms with Crippen LogP contribution in [0.2, 0.25) is 0 Å². The lowest BCUT2D eigenvalue weighted by Gasteiger charge is -2.05. The van der Waals surface area contributed by atoms with E-state index in [2.05, 4.69) is 20.6 Å². The minimum absolute atomic E-state index is 0.129. The molecule has 1 amide bonds. The van der Waals surface area contributed by atoms with Gasteiger partial charge in [-0.3, -0.25) is 4.79 Å². The Bertz CT molecular complexity index is 1130. The predicted molar refractivity (Wildman–Crippen MR) is 102 cm³/mol. The molecule has 4 rings (SSSR count). The first kappa shape index (κ1) is 18.1. The fourth-order valence-electron chi connectivity index (χ4n) is 2.50. The van der Waals surface area contributed by atoms with E-state index in [1.54, 1.807) is 28.8 Å². The summed E-state index contributed by atoms with van der Waals surface area (Å²) in [6.45, 7) is 0. The molecule has 9 heteroatoms. The van der Waals surface area contributed by atoms with Crippen LogP contribution in [0, 0.1) is 11.6 Å². The number of carbonyl (C=O) groups excluding carboxylic acids is 1. The van der Waals surface area contributed by atoms with E-state index in [1.165, 1.54) is 48.2 Å². The smallest absolute Gasteiger partial charge is 0.234 e. The van der Waals surface area contributed by atoms with Crippen LogP contribution in [0.1, 0.15) is 0 Å². The summed E-state index contributed by atoms with van der Waals surface area (Å²) >= 11 is 1.24. The van der Waals surface area contributed by atoms with Crippen molar-refractivity contribution < 1.29 is 13.6 Å². The third-order valence-electron chi connectivity index (χ3n) is 3.82. The molecule has 0 aliphatic carbocycles. The third kappa shape index (κ3) is 3.99.